The lowest BCUT2D eigenvalue weighted by molar-refractivity contribution is 0.0172. The number of ether oxygens (including phenoxy) is 2. The first-order valence-electron chi connectivity index (χ1n) is 10.9. The van der Waals surface area contributed by atoms with Crippen molar-refractivity contribution in [3.05, 3.63) is 0 Å². The minimum atomic E-state index is 0.753. The summed E-state index contributed by atoms with van der Waals surface area (Å²) in [5.41, 5.74) is 0. The number of unbranched alkanes of at least 4 members (excludes halogenated alkanes) is 4. The lowest BCUT2D eigenvalue weighted by Gasteiger charge is -2.18. The lowest BCUT2D eigenvalue weighted by Crippen LogP contribution is -2.16. The second kappa shape index (κ2) is 19.2. The average molecular weight is 343 g/mol. The van der Waals surface area contributed by atoms with Crippen molar-refractivity contribution in [2.75, 3.05) is 26.4 Å². The van der Waals surface area contributed by atoms with E-state index in [1.54, 1.807) is 0 Å². The Balaban J connectivity index is 3.68. The van der Waals surface area contributed by atoms with E-state index in [0.29, 0.717) is 0 Å². The van der Waals surface area contributed by atoms with Crippen LogP contribution in [-0.2, 0) is 9.47 Å². The fourth-order valence-electron chi connectivity index (χ4n) is 3.42. The van der Waals surface area contributed by atoms with Crippen molar-refractivity contribution in [2.45, 2.75) is 105 Å². The van der Waals surface area contributed by atoms with Crippen LogP contribution in [0, 0.1) is 11.8 Å². The number of hydrogen-bond acceptors (Lipinski definition) is 2. The maximum atomic E-state index is 5.89. The molecule has 0 spiro atoms. The van der Waals surface area contributed by atoms with Gasteiger partial charge in [-0.15, -0.1) is 0 Å². The predicted molar refractivity (Wildman–Crippen MR) is 107 cm³/mol. The Morgan fingerprint density at radius 3 is 1.25 bits per heavy atom. The highest BCUT2D eigenvalue weighted by atomic mass is 16.5. The smallest absolute Gasteiger partial charge is 0.0700 e. The monoisotopic (exact) mass is 342 g/mol. The highest BCUT2D eigenvalue weighted by Gasteiger charge is 2.09. The van der Waals surface area contributed by atoms with Crippen LogP contribution in [0.1, 0.15) is 105 Å². The summed E-state index contributed by atoms with van der Waals surface area (Å²) in [7, 11) is 0. The third kappa shape index (κ3) is 15.4. The number of rotatable bonds is 19. The highest BCUT2D eigenvalue weighted by Crippen LogP contribution is 2.17. The highest BCUT2D eigenvalue weighted by molar-refractivity contribution is 4.60. The molecule has 0 bridgehead atoms. The van der Waals surface area contributed by atoms with Crippen LogP contribution in [0.15, 0.2) is 0 Å². The van der Waals surface area contributed by atoms with E-state index in [1.807, 2.05) is 0 Å². The lowest BCUT2D eigenvalue weighted by atomic mass is 9.97. The second-order valence-corrected chi connectivity index (χ2v) is 7.45. The molecular weight excluding hydrogens is 296 g/mol. The Morgan fingerprint density at radius 1 is 0.500 bits per heavy atom. The Morgan fingerprint density at radius 2 is 0.917 bits per heavy atom. The van der Waals surface area contributed by atoms with Gasteiger partial charge in [0, 0.05) is 13.2 Å². The molecule has 0 heterocycles. The summed E-state index contributed by atoms with van der Waals surface area (Å²) in [6.07, 6.45) is 15.9. The van der Waals surface area contributed by atoms with Gasteiger partial charge in [-0.2, -0.15) is 0 Å². The van der Waals surface area contributed by atoms with Crippen LogP contribution >= 0.6 is 0 Å². The van der Waals surface area contributed by atoms with Crippen LogP contribution in [0.2, 0.25) is 0 Å². The summed E-state index contributed by atoms with van der Waals surface area (Å²) >= 11 is 0. The van der Waals surface area contributed by atoms with E-state index in [9.17, 15) is 0 Å². The van der Waals surface area contributed by atoms with Gasteiger partial charge < -0.3 is 9.47 Å². The molecule has 0 fully saturated rings. The van der Waals surface area contributed by atoms with E-state index < -0.39 is 0 Å². The third-order valence-electron chi connectivity index (χ3n) is 4.90. The van der Waals surface area contributed by atoms with Gasteiger partial charge in [-0.3, -0.25) is 0 Å². The molecule has 0 saturated heterocycles. The van der Waals surface area contributed by atoms with E-state index in [-0.39, 0.29) is 0 Å². The van der Waals surface area contributed by atoms with Crippen molar-refractivity contribution >= 4 is 0 Å². The van der Waals surface area contributed by atoms with Gasteiger partial charge in [0.15, 0.2) is 0 Å². The first-order chi connectivity index (χ1) is 11.8. The van der Waals surface area contributed by atoms with Gasteiger partial charge in [0.2, 0.25) is 0 Å². The minimum Gasteiger partial charge on any atom is -0.379 e. The quantitative estimate of drug-likeness (QED) is 0.235. The van der Waals surface area contributed by atoms with Gasteiger partial charge in [0.25, 0.3) is 0 Å². The van der Waals surface area contributed by atoms with Gasteiger partial charge in [0.1, 0.15) is 0 Å². The fourth-order valence-corrected chi connectivity index (χ4v) is 3.42. The molecule has 146 valence electrons. The van der Waals surface area contributed by atoms with Gasteiger partial charge >= 0.3 is 0 Å². The second-order valence-electron chi connectivity index (χ2n) is 7.45. The van der Waals surface area contributed by atoms with Crippen LogP contribution in [0.3, 0.4) is 0 Å². The van der Waals surface area contributed by atoms with Crippen molar-refractivity contribution in [3.8, 4) is 0 Å². The SMILES string of the molecule is CCCCCC(CCC)COCCOCC(CCC)CCCCC. The Bertz CT molecular complexity index is 206. The molecule has 2 heteroatoms. The molecule has 2 nitrogen and oxygen atoms in total. The standard InChI is InChI=1S/C22H46O2/c1-5-9-11-15-21(13-7-3)19-23-17-18-24-20-22(14-8-4)16-12-10-6-2/h21-22H,5-20H2,1-4H3. The van der Waals surface area contributed by atoms with Crippen molar-refractivity contribution in [1.29, 1.82) is 0 Å². The predicted octanol–water partition coefficient (Wildman–Crippen LogP) is 7.01. The van der Waals surface area contributed by atoms with E-state index >= 15 is 0 Å². The summed E-state index contributed by atoms with van der Waals surface area (Å²) in [6.45, 7) is 12.5. The molecule has 0 aliphatic carbocycles. The Hall–Kier alpha value is -0.0800. The molecular formula is C22H46O2. The van der Waals surface area contributed by atoms with E-state index in [4.69, 9.17) is 9.47 Å². The topological polar surface area (TPSA) is 18.5 Å². The van der Waals surface area contributed by atoms with Gasteiger partial charge in [-0.1, -0.05) is 79.1 Å². The first kappa shape index (κ1) is 23.9. The molecule has 0 aliphatic rings. The molecule has 0 amide bonds. The fraction of sp³-hybridized carbons (Fsp3) is 1.00. The minimum absolute atomic E-state index is 0.753. The van der Waals surface area contributed by atoms with Gasteiger partial charge in [-0.25, -0.2) is 0 Å². The van der Waals surface area contributed by atoms with Crippen LogP contribution in [0.5, 0.6) is 0 Å². The van der Waals surface area contributed by atoms with E-state index in [1.165, 1.54) is 77.0 Å². The summed E-state index contributed by atoms with van der Waals surface area (Å²) in [4.78, 5) is 0. The molecule has 2 unspecified atom stereocenters. The molecule has 2 atom stereocenters. The maximum absolute atomic E-state index is 5.89. The third-order valence-corrected chi connectivity index (χ3v) is 4.90. The van der Waals surface area contributed by atoms with Crippen molar-refractivity contribution in [2.24, 2.45) is 11.8 Å². The molecule has 0 aromatic rings. The van der Waals surface area contributed by atoms with E-state index in [2.05, 4.69) is 27.7 Å². The zero-order valence-electron chi connectivity index (χ0n) is 17.3. The van der Waals surface area contributed by atoms with Crippen molar-refractivity contribution in [1.82, 2.24) is 0 Å². The zero-order chi connectivity index (χ0) is 17.9. The number of hydrogen-bond donors (Lipinski definition) is 0. The van der Waals surface area contributed by atoms with Gasteiger partial charge in [-0.05, 0) is 37.5 Å². The van der Waals surface area contributed by atoms with Crippen molar-refractivity contribution in [3.63, 3.8) is 0 Å². The molecule has 0 aromatic carbocycles. The van der Waals surface area contributed by atoms with Crippen LogP contribution in [-0.4, -0.2) is 26.4 Å². The summed E-state index contributed by atoms with van der Waals surface area (Å²) in [5.74, 6) is 1.51. The molecule has 24 heavy (non-hydrogen) atoms. The molecule has 0 aromatic heterocycles. The summed E-state index contributed by atoms with van der Waals surface area (Å²) in [5, 5.41) is 0. The Kier molecular flexibility index (Phi) is 19.2. The Labute approximate surface area is 153 Å². The molecule has 0 aliphatic heterocycles. The normalized spacial score (nSPS) is 14.0. The zero-order valence-corrected chi connectivity index (χ0v) is 17.3. The maximum Gasteiger partial charge on any atom is 0.0700 e. The van der Waals surface area contributed by atoms with Crippen LogP contribution in [0.25, 0.3) is 0 Å². The largest absolute Gasteiger partial charge is 0.379 e. The molecule has 0 radical (unpaired) electrons. The van der Waals surface area contributed by atoms with E-state index in [0.717, 1.165) is 38.3 Å². The van der Waals surface area contributed by atoms with Crippen molar-refractivity contribution < 1.29 is 9.47 Å². The molecule has 0 saturated carbocycles. The molecule has 0 rings (SSSR count). The van der Waals surface area contributed by atoms with Crippen LogP contribution < -0.4 is 0 Å². The first-order valence-corrected chi connectivity index (χ1v) is 10.9. The van der Waals surface area contributed by atoms with Crippen LogP contribution in [0.4, 0.5) is 0 Å². The summed E-state index contributed by atoms with van der Waals surface area (Å²) in [6, 6.07) is 0. The van der Waals surface area contributed by atoms with Gasteiger partial charge in [0.05, 0.1) is 13.2 Å². The average Bonchev–Trinajstić information content (AvgIpc) is 2.58. The summed E-state index contributed by atoms with van der Waals surface area (Å²) < 4.78 is 11.8. The molecule has 0 N–H and O–H groups in total.